The zero-order valence-corrected chi connectivity index (χ0v) is 15.4. The Kier molecular flexibility index (Phi) is 6.62. The van der Waals surface area contributed by atoms with Crippen molar-refractivity contribution in [1.29, 1.82) is 0 Å². The first-order valence-electron chi connectivity index (χ1n) is 7.82. The van der Waals surface area contributed by atoms with Crippen molar-refractivity contribution < 1.29 is 13.2 Å². The van der Waals surface area contributed by atoms with E-state index in [1.807, 2.05) is 37.3 Å². The average Bonchev–Trinajstić information content (AvgIpc) is 2.45. The van der Waals surface area contributed by atoms with Crippen LogP contribution in [0, 0.1) is 0 Å². The van der Waals surface area contributed by atoms with Gasteiger partial charge in [0, 0.05) is 23.8 Å². The molecule has 0 aliphatic carbocycles. The van der Waals surface area contributed by atoms with E-state index < -0.39 is 9.84 Å². The number of hydrogen-bond acceptors (Lipinski definition) is 3. The van der Waals surface area contributed by atoms with Crippen LogP contribution in [-0.2, 0) is 15.3 Å². The molecule has 0 bridgehead atoms. The van der Waals surface area contributed by atoms with Crippen molar-refractivity contribution in [1.82, 2.24) is 10.6 Å². The van der Waals surface area contributed by atoms with Crippen molar-refractivity contribution in [2.24, 2.45) is 0 Å². The van der Waals surface area contributed by atoms with Crippen LogP contribution in [0.5, 0.6) is 0 Å². The SMILES string of the molecule is C[C@@H](CCS(C)(=O)=O)NC(=O)N[C@H](C)C(C)(C)c1ccccc1. The van der Waals surface area contributed by atoms with Gasteiger partial charge in [-0.1, -0.05) is 44.2 Å². The number of nitrogens with one attached hydrogen (secondary N) is 2. The van der Waals surface area contributed by atoms with E-state index in [2.05, 4.69) is 24.5 Å². The molecule has 0 fully saturated rings. The molecule has 0 spiro atoms. The van der Waals surface area contributed by atoms with Crippen LogP contribution >= 0.6 is 0 Å². The van der Waals surface area contributed by atoms with Crippen molar-refractivity contribution in [3.63, 3.8) is 0 Å². The van der Waals surface area contributed by atoms with Crippen LogP contribution in [0.2, 0.25) is 0 Å². The first kappa shape index (κ1) is 19.5. The van der Waals surface area contributed by atoms with Gasteiger partial charge in [0.25, 0.3) is 0 Å². The molecule has 6 heteroatoms. The molecule has 2 atom stereocenters. The first-order valence-corrected chi connectivity index (χ1v) is 9.88. The van der Waals surface area contributed by atoms with Crippen LogP contribution in [0.3, 0.4) is 0 Å². The van der Waals surface area contributed by atoms with Gasteiger partial charge in [-0.05, 0) is 25.8 Å². The fourth-order valence-electron chi connectivity index (χ4n) is 2.22. The quantitative estimate of drug-likeness (QED) is 0.801. The Labute approximate surface area is 139 Å². The molecule has 5 nitrogen and oxygen atoms in total. The van der Waals surface area contributed by atoms with Gasteiger partial charge in [-0.3, -0.25) is 0 Å². The van der Waals surface area contributed by atoms with Gasteiger partial charge in [-0.15, -0.1) is 0 Å². The van der Waals surface area contributed by atoms with E-state index in [9.17, 15) is 13.2 Å². The summed E-state index contributed by atoms with van der Waals surface area (Å²) >= 11 is 0. The summed E-state index contributed by atoms with van der Waals surface area (Å²) in [7, 11) is -3.01. The van der Waals surface area contributed by atoms with E-state index in [-0.39, 0.29) is 29.3 Å². The average molecular weight is 340 g/mol. The Morgan fingerprint density at radius 1 is 1.13 bits per heavy atom. The summed E-state index contributed by atoms with van der Waals surface area (Å²) in [5.41, 5.74) is 0.937. The third kappa shape index (κ3) is 6.60. The normalized spacial score (nSPS) is 14.8. The van der Waals surface area contributed by atoms with Crippen LogP contribution in [0.15, 0.2) is 30.3 Å². The summed E-state index contributed by atoms with van der Waals surface area (Å²) in [5.74, 6) is 0.0690. The zero-order valence-electron chi connectivity index (χ0n) is 14.6. The monoisotopic (exact) mass is 340 g/mol. The molecule has 0 unspecified atom stereocenters. The Bertz CT molecular complexity index is 612. The molecule has 1 aromatic carbocycles. The van der Waals surface area contributed by atoms with Gasteiger partial charge in [0.2, 0.25) is 0 Å². The molecule has 0 heterocycles. The van der Waals surface area contributed by atoms with E-state index in [1.165, 1.54) is 6.26 Å². The molecule has 0 saturated carbocycles. The number of amides is 2. The number of rotatable bonds is 7. The van der Waals surface area contributed by atoms with Gasteiger partial charge in [0.1, 0.15) is 9.84 Å². The molecule has 0 radical (unpaired) electrons. The first-order chi connectivity index (χ1) is 10.5. The number of carbonyl (C=O) groups is 1. The smallest absolute Gasteiger partial charge is 0.315 e. The lowest BCUT2D eigenvalue weighted by atomic mass is 9.78. The predicted octanol–water partition coefficient (Wildman–Crippen LogP) is 2.48. The highest BCUT2D eigenvalue weighted by Crippen LogP contribution is 2.26. The summed E-state index contributed by atoms with van der Waals surface area (Å²) in [5, 5.41) is 5.74. The maximum Gasteiger partial charge on any atom is 0.315 e. The van der Waals surface area contributed by atoms with Crippen molar-refractivity contribution in [2.45, 2.75) is 51.6 Å². The van der Waals surface area contributed by atoms with Crippen molar-refractivity contribution >= 4 is 15.9 Å². The summed E-state index contributed by atoms with van der Waals surface area (Å²) in [6.45, 7) is 7.94. The third-order valence-corrected chi connectivity index (χ3v) is 5.22. The Hall–Kier alpha value is -1.56. The summed E-state index contributed by atoms with van der Waals surface area (Å²) in [4.78, 5) is 12.1. The fraction of sp³-hybridized carbons (Fsp3) is 0.588. The zero-order chi connectivity index (χ0) is 17.7. The topological polar surface area (TPSA) is 75.3 Å². The minimum Gasteiger partial charge on any atom is -0.336 e. The molecule has 0 saturated heterocycles. The van der Waals surface area contributed by atoms with Gasteiger partial charge in [-0.25, -0.2) is 13.2 Å². The van der Waals surface area contributed by atoms with E-state index in [0.29, 0.717) is 6.42 Å². The van der Waals surface area contributed by atoms with E-state index in [4.69, 9.17) is 0 Å². The highest BCUT2D eigenvalue weighted by molar-refractivity contribution is 7.90. The minimum absolute atomic E-state index is 0.0690. The molecule has 0 aliphatic rings. The number of hydrogen-bond donors (Lipinski definition) is 2. The summed E-state index contributed by atoms with van der Waals surface area (Å²) in [6, 6.07) is 9.48. The molecule has 2 amide bonds. The molecule has 1 rings (SSSR count). The third-order valence-electron chi connectivity index (χ3n) is 4.25. The Balaban J connectivity index is 2.56. The molecule has 2 N–H and O–H groups in total. The number of carbonyl (C=O) groups excluding carboxylic acids is 1. The molecular weight excluding hydrogens is 312 g/mol. The number of urea groups is 1. The van der Waals surface area contributed by atoms with Crippen LogP contribution in [0.1, 0.15) is 39.7 Å². The second-order valence-corrected chi connectivity index (χ2v) is 9.01. The Morgan fingerprint density at radius 3 is 2.22 bits per heavy atom. The van der Waals surface area contributed by atoms with E-state index >= 15 is 0 Å². The molecule has 0 aliphatic heterocycles. The molecule has 130 valence electrons. The molecule has 0 aromatic heterocycles. The number of sulfone groups is 1. The second-order valence-electron chi connectivity index (χ2n) is 6.75. The van der Waals surface area contributed by atoms with Gasteiger partial charge in [0.15, 0.2) is 0 Å². The lowest BCUT2D eigenvalue weighted by Crippen LogP contribution is -2.51. The Morgan fingerprint density at radius 2 is 1.70 bits per heavy atom. The summed E-state index contributed by atoms with van der Waals surface area (Å²) < 4.78 is 22.3. The van der Waals surface area contributed by atoms with E-state index in [1.54, 1.807) is 6.92 Å². The molecule has 1 aromatic rings. The lowest BCUT2D eigenvalue weighted by molar-refractivity contribution is 0.228. The van der Waals surface area contributed by atoms with Crippen LogP contribution < -0.4 is 10.6 Å². The van der Waals surface area contributed by atoms with Crippen LogP contribution in [0.4, 0.5) is 4.79 Å². The fourth-order valence-corrected chi connectivity index (χ4v) is 3.00. The van der Waals surface area contributed by atoms with Gasteiger partial charge < -0.3 is 10.6 Å². The number of benzene rings is 1. The molecular formula is C17H28N2O3S. The van der Waals surface area contributed by atoms with E-state index in [0.717, 1.165) is 5.56 Å². The predicted molar refractivity (Wildman–Crippen MR) is 94.4 cm³/mol. The summed E-state index contributed by atoms with van der Waals surface area (Å²) in [6.07, 6.45) is 1.60. The maximum atomic E-state index is 12.1. The van der Waals surface area contributed by atoms with Crippen molar-refractivity contribution in [2.75, 3.05) is 12.0 Å². The second kappa shape index (κ2) is 7.81. The van der Waals surface area contributed by atoms with Gasteiger partial charge in [-0.2, -0.15) is 0 Å². The van der Waals surface area contributed by atoms with Gasteiger partial charge >= 0.3 is 6.03 Å². The van der Waals surface area contributed by atoms with Crippen LogP contribution in [0.25, 0.3) is 0 Å². The lowest BCUT2D eigenvalue weighted by Gasteiger charge is -2.33. The highest BCUT2D eigenvalue weighted by Gasteiger charge is 2.29. The minimum atomic E-state index is -3.01. The largest absolute Gasteiger partial charge is 0.336 e. The van der Waals surface area contributed by atoms with Crippen molar-refractivity contribution in [3.05, 3.63) is 35.9 Å². The van der Waals surface area contributed by atoms with Crippen LogP contribution in [-0.4, -0.2) is 38.5 Å². The standard InChI is InChI=1S/C17H28N2O3S/c1-13(11-12-23(5,21)22)18-16(20)19-14(2)17(3,4)15-9-7-6-8-10-15/h6-10,13-14H,11-12H2,1-5H3,(H2,18,19,20)/t13-,14+/m0/s1. The molecule has 23 heavy (non-hydrogen) atoms. The highest BCUT2D eigenvalue weighted by atomic mass is 32.2. The maximum absolute atomic E-state index is 12.1. The van der Waals surface area contributed by atoms with Gasteiger partial charge in [0.05, 0.1) is 5.75 Å². The van der Waals surface area contributed by atoms with Crippen molar-refractivity contribution in [3.8, 4) is 0 Å².